The number of carbonyl (C=O) groups is 1. The average Bonchev–Trinajstić information content (AvgIpc) is 3.23. The molecule has 2 atom stereocenters. The smallest absolute Gasteiger partial charge is 0.249 e. The normalized spacial score (nSPS) is 29.5. The maximum Gasteiger partial charge on any atom is 0.249 e. The number of likely N-dealkylation sites (tertiary alicyclic amines) is 1. The van der Waals surface area contributed by atoms with Gasteiger partial charge in [0.15, 0.2) is 6.04 Å². The van der Waals surface area contributed by atoms with Crippen LogP contribution in [0.1, 0.15) is 51.5 Å². The molecule has 11 heteroatoms. The summed E-state index contributed by atoms with van der Waals surface area (Å²) in [6.45, 7) is 4.87. The molecule has 5 aliphatic rings. The van der Waals surface area contributed by atoms with E-state index >= 15 is 0 Å². The lowest BCUT2D eigenvalue weighted by atomic mass is 9.38. The Morgan fingerprint density at radius 3 is 2.57 bits per heavy atom. The molecule has 3 aliphatic carbocycles. The van der Waals surface area contributed by atoms with Gasteiger partial charge in [0, 0.05) is 36.5 Å². The highest BCUT2D eigenvalue weighted by Crippen LogP contribution is 2.71. The minimum atomic E-state index is -3.91. The molecule has 222 valence electrons. The van der Waals surface area contributed by atoms with Crippen LogP contribution in [0.15, 0.2) is 58.4 Å². The van der Waals surface area contributed by atoms with Gasteiger partial charge in [0.25, 0.3) is 0 Å². The fraction of sp³-hybridized carbons (Fsp3) is 0.484. The Bertz CT molecular complexity index is 1600. The lowest BCUT2D eigenvalue weighted by molar-refractivity contribution is -0.151. The number of sulfonamides is 1. The van der Waals surface area contributed by atoms with Crippen molar-refractivity contribution in [3.8, 4) is 12.1 Å². The molecule has 0 radical (unpaired) electrons. The van der Waals surface area contributed by atoms with E-state index in [2.05, 4.69) is 11.2 Å². The topological polar surface area (TPSA) is 82.1 Å². The number of aliphatic imine (C=N–C) groups is 1. The van der Waals surface area contributed by atoms with Crippen LogP contribution in [-0.2, 0) is 21.4 Å². The number of hydrogen-bond donors (Lipinski definition) is 1. The molecule has 0 spiro atoms. The van der Waals surface area contributed by atoms with Crippen LogP contribution >= 0.6 is 11.6 Å². The molecule has 0 aromatic heterocycles. The second-order valence-corrected chi connectivity index (χ2v) is 15.0. The molecule has 1 saturated heterocycles. The summed E-state index contributed by atoms with van der Waals surface area (Å²) in [6, 6.07) is 12.0. The summed E-state index contributed by atoms with van der Waals surface area (Å²) in [5.74, 6) is 2.41. The molecular formula is C31H33ClF2N4O3S. The van der Waals surface area contributed by atoms with E-state index in [-0.39, 0.29) is 33.7 Å². The van der Waals surface area contributed by atoms with Crippen LogP contribution in [0.3, 0.4) is 0 Å². The first-order valence-electron chi connectivity index (χ1n) is 14.2. The van der Waals surface area contributed by atoms with Gasteiger partial charge in [0.05, 0.1) is 15.5 Å². The van der Waals surface area contributed by atoms with E-state index in [1.807, 2.05) is 13.8 Å². The molecule has 7 rings (SSSR count). The molecule has 0 unspecified atom stereocenters. The Morgan fingerprint density at radius 2 is 1.90 bits per heavy atom. The monoisotopic (exact) mass is 614 g/mol. The van der Waals surface area contributed by atoms with Crippen LogP contribution in [0.5, 0.6) is 0 Å². The zero-order chi connectivity index (χ0) is 29.9. The van der Waals surface area contributed by atoms with Crippen LogP contribution in [0, 0.1) is 29.2 Å². The van der Waals surface area contributed by atoms with Crippen molar-refractivity contribution in [2.24, 2.45) is 16.3 Å². The van der Waals surface area contributed by atoms with E-state index in [0.717, 1.165) is 18.7 Å². The van der Waals surface area contributed by atoms with Gasteiger partial charge in [-0.15, -0.1) is 4.39 Å². The highest BCUT2D eigenvalue weighted by Gasteiger charge is 2.75. The Morgan fingerprint density at radius 1 is 1.19 bits per heavy atom. The van der Waals surface area contributed by atoms with Crippen molar-refractivity contribution < 1.29 is 22.0 Å². The molecule has 1 N–H and O–H groups in total. The molecular weight excluding hydrogens is 582 g/mol. The molecule has 2 aromatic carbocycles. The van der Waals surface area contributed by atoms with Crippen LogP contribution in [-0.4, -0.2) is 59.6 Å². The number of amides is 1. The summed E-state index contributed by atoms with van der Waals surface area (Å²) >= 11 is 5.88. The fourth-order valence-electron chi connectivity index (χ4n) is 7.16. The number of nitrogens with one attached hydrogen (secondary N) is 1. The number of piperidine rings is 1. The van der Waals surface area contributed by atoms with E-state index in [1.165, 1.54) is 22.6 Å². The largest absolute Gasteiger partial charge is 0.366 e. The molecule has 2 bridgehead atoms. The zero-order valence-corrected chi connectivity index (χ0v) is 25.1. The maximum absolute atomic E-state index is 14.3. The van der Waals surface area contributed by atoms with Gasteiger partial charge in [-0.1, -0.05) is 41.8 Å². The zero-order valence-electron chi connectivity index (χ0n) is 23.5. The van der Waals surface area contributed by atoms with E-state index in [4.69, 9.17) is 16.6 Å². The molecule has 2 aliphatic heterocycles. The van der Waals surface area contributed by atoms with Gasteiger partial charge < -0.3 is 10.2 Å². The Balaban J connectivity index is 1.24. The van der Waals surface area contributed by atoms with Crippen molar-refractivity contribution in [2.45, 2.75) is 74.5 Å². The highest BCUT2D eigenvalue weighted by molar-refractivity contribution is 7.89. The number of halogens is 3. The Kier molecular flexibility index (Phi) is 7.15. The Labute approximate surface area is 250 Å². The van der Waals surface area contributed by atoms with Crippen LogP contribution < -0.4 is 5.32 Å². The maximum atomic E-state index is 14.3. The van der Waals surface area contributed by atoms with Crippen LogP contribution in [0.4, 0.5) is 8.78 Å². The molecule has 7 nitrogen and oxygen atoms in total. The summed E-state index contributed by atoms with van der Waals surface area (Å²) in [6.07, 6.45) is 4.64. The molecule has 3 saturated carbocycles. The fourth-order valence-corrected chi connectivity index (χ4v) is 9.05. The number of benzene rings is 2. The van der Waals surface area contributed by atoms with E-state index in [1.54, 1.807) is 41.3 Å². The van der Waals surface area contributed by atoms with Crippen LogP contribution in [0.2, 0.25) is 5.02 Å². The Hall–Kier alpha value is -3.00. The highest BCUT2D eigenvalue weighted by atomic mass is 35.5. The second-order valence-electron chi connectivity index (χ2n) is 12.7. The van der Waals surface area contributed by atoms with Crippen molar-refractivity contribution >= 4 is 33.4 Å². The molecule has 2 aromatic rings. The third-order valence-corrected chi connectivity index (χ3v) is 11.6. The van der Waals surface area contributed by atoms with Crippen molar-refractivity contribution in [3.63, 3.8) is 0 Å². The standard InChI is InChI=1S/C31H33ClF2N4O3S/c1-29(2)26(27(39)37-14-6-7-21(16-37)12-13-33)35-28(36-29)30-18-31(19-30,20-30)38(17-22-10-11-24(32)25(34)15-22)42(40,41)23-8-4-3-5-9-23/h3-5,8-11,15,21,26H,6-7,14,16-20H2,1-2H3,(H,35,36)/t21-,26+,30?,31?/m1/s1. The molecule has 4 fully saturated rings. The summed E-state index contributed by atoms with van der Waals surface area (Å²) in [5.41, 5.74) is -1.13. The number of carbonyl (C=O) groups excluding carboxylic acids is 1. The van der Waals surface area contributed by atoms with Gasteiger partial charge in [-0.2, -0.15) is 4.31 Å². The average molecular weight is 615 g/mol. The first kappa shape index (κ1) is 29.1. The summed E-state index contributed by atoms with van der Waals surface area (Å²) in [7, 11) is -3.91. The van der Waals surface area contributed by atoms with Gasteiger partial charge in [-0.05, 0) is 75.8 Å². The van der Waals surface area contributed by atoms with E-state index < -0.39 is 33.0 Å². The van der Waals surface area contributed by atoms with Crippen molar-refractivity contribution in [2.75, 3.05) is 13.1 Å². The van der Waals surface area contributed by atoms with Crippen LogP contribution in [0.25, 0.3) is 0 Å². The quantitative estimate of drug-likeness (QED) is 0.450. The summed E-state index contributed by atoms with van der Waals surface area (Å²) in [4.78, 5) is 20.4. The SMILES string of the molecule is CC1(C)NC(C23CC(N(Cc4ccc(Cl)c(F)c4)S(=O)(=O)c4ccccc4)(C2)C3)=N[C@H]1C(=O)N1CCC[C@H](C#CF)C1. The van der Waals surface area contributed by atoms with Crippen molar-refractivity contribution in [1.82, 2.24) is 14.5 Å². The van der Waals surface area contributed by atoms with E-state index in [0.29, 0.717) is 37.9 Å². The first-order chi connectivity index (χ1) is 19.9. The van der Waals surface area contributed by atoms with Gasteiger partial charge in [-0.3, -0.25) is 9.79 Å². The third-order valence-electron chi connectivity index (χ3n) is 9.28. The molecule has 42 heavy (non-hydrogen) atoms. The summed E-state index contributed by atoms with van der Waals surface area (Å²) in [5, 5.41) is 3.47. The van der Waals surface area contributed by atoms with E-state index in [9.17, 15) is 22.0 Å². The summed E-state index contributed by atoms with van der Waals surface area (Å²) < 4.78 is 56.3. The second kappa shape index (κ2) is 10.3. The molecule has 2 heterocycles. The third kappa shape index (κ3) is 4.80. The lowest BCUT2D eigenvalue weighted by Gasteiger charge is -2.73. The number of amidine groups is 1. The van der Waals surface area contributed by atoms with Gasteiger partial charge in [-0.25, -0.2) is 12.8 Å². The number of nitrogens with zero attached hydrogens (tertiary/aromatic N) is 3. The van der Waals surface area contributed by atoms with Gasteiger partial charge in [0.2, 0.25) is 15.9 Å². The number of hydrogen-bond acceptors (Lipinski definition) is 5. The predicted molar refractivity (Wildman–Crippen MR) is 156 cm³/mol. The van der Waals surface area contributed by atoms with Gasteiger partial charge in [0.1, 0.15) is 17.8 Å². The lowest BCUT2D eigenvalue weighted by Crippen LogP contribution is -2.78. The molecule has 1 amide bonds. The van der Waals surface area contributed by atoms with Crippen molar-refractivity contribution in [3.05, 3.63) is 64.9 Å². The van der Waals surface area contributed by atoms with Gasteiger partial charge >= 0.3 is 0 Å². The first-order valence-corrected chi connectivity index (χ1v) is 16.0. The predicted octanol–water partition coefficient (Wildman–Crippen LogP) is 4.91. The minimum Gasteiger partial charge on any atom is -0.366 e. The van der Waals surface area contributed by atoms with Crippen molar-refractivity contribution in [1.29, 1.82) is 0 Å². The minimum absolute atomic E-state index is 0.00576. The number of rotatable bonds is 7.